The summed E-state index contributed by atoms with van der Waals surface area (Å²) in [7, 11) is 0. The highest BCUT2D eigenvalue weighted by molar-refractivity contribution is 7.99. The number of thioether (sulfide) groups is 1. The molecule has 0 saturated heterocycles. The van der Waals surface area contributed by atoms with Gasteiger partial charge in [0.25, 0.3) is 5.69 Å². The van der Waals surface area contributed by atoms with Crippen LogP contribution < -0.4 is 5.73 Å². The number of hydrogen-bond donors (Lipinski definition) is 2. The van der Waals surface area contributed by atoms with Gasteiger partial charge in [-0.05, 0) is 17.9 Å². The van der Waals surface area contributed by atoms with E-state index in [0.717, 1.165) is 0 Å². The maximum absolute atomic E-state index is 11.3. The fraction of sp³-hybridized carbons (Fsp3) is 0.167. The van der Waals surface area contributed by atoms with Gasteiger partial charge in [-0.3, -0.25) is 10.1 Å². The number of nitro groups is 1. The second kappa shape index (κ2) is 5.83. The van der Waals surface area contributed by atoms with E-state index in [9.17, 15) is 20.0 Å². The van der Waals surface area contributed by atoms with Gasteiger partial charge in [0.1, 0.15) is 16.4 Å². The summed E-state index contributed by atoms with van der Waals surface area (Å²) in [6.07, 6.45) is 0. The van der Waals surface area contributed by atoms with Gasteiger partial charge in [-0.25, -0.2) is 9.48 Å². The zero-order valence-electron chi connectivity index (χ0n) is 11.0. The van der Waals surface area contributed by atoms with Gasteiger partial charge in [0, 0.05) is 12.1 Å². The van der Waals surface area contributed by atoms with Crippen LogP contribution in [0.25, 0.3) is 5.69 Å². The number of benzene rings is 1. The second-order valence-electron chi connectivity index (χ2n) is 3.99. The van der Waals surface area contributed by atoms with E-state index in [4.69, 9.17) is 5.73 Å². The van der Waals surface area contributed by atoms with Gasteiger partial charge in [-0.15, -0.1) is 11.8 Å². The average Bonchev–Trinajstić information content (AvgIpc) is 2.76. The van der Waals surface area contributed by atoms with Gasteiger partial charge in [0.2, 0.25) is 0 Å². The highest BCUT2D eigenvalue weighted by Crippen LogP contribution is 2.29. The molecule has 0 aliphatic heterocycles. The highest BCUT2D eigenvalue weighted by atomic mass is 32.2. The molecule has 9 heteroatoms. The molecule has 3 N–H and O–H groups in total. The number of nitrogen functional groups attached to an aromatic ring is 1. The van der Waals surface area contributed by atoms with Crippen LogP contribution in [0, 0.1) is 10.1 Å². The molecule has 0 unspecified atom stereocenters. The molecule has 21 heavy (non-hydrogen) atoms. The van der Waals surface area contributed by atoms with E-state index in [2.05, 4.69) is 5.10 Å². The van der Waals surface area contributed by atoms with Crippen molar-refractivity contribution in [3.8, 4) is 5.69 Å². The number of nitrogens with two attached hydrogens (primary N) is 1. The van der Waals surface area contributed by atoms with Gasteiger partial charge in [-0.2, -0.15) is 5.10 Å². The van der Waals surface area contributed by atoms with Crippen molar-refractivity contribution in [2.24, 2.45) is 0 Å². The minimum absolute atomic E-state index is 0.00713. The van der Waals surface area contributed by atoms with Gasteiger partial charge >= 0.3 is 5.97 Å². The van der Waals surface area contributed by atoms with Crippen LogP contribution in [0.3, 0.4) is 0 Å². The van der Waals surface area contributed by atoms with Crippen molar-refractivity contribution in [2.45, 2.75) is 11.9 Å². The van der Waals surface area contributed by atoms with Crippen LogP contribution in [0.5, 0.6) is 0 Å². The number of rotatable bonds is 5. The Kier molecular flexibility index (Phi) is 4.13. The summed E-state index contributed by atoms with van der Waals surface area (Å²) >= 11 is 1.27. The molecule has 0 aliphatic rings. The Morgan fingerprint density at radius 2 is 2.10 bits per heavy atom. The smallest absolute Gasteiger partial charge is 0.342 e. The molecule has 0 radical (unpaired) electrons. The molecule has 0 atom stereocenters. The van der Waals surface area contributed by atoms with E-state index in [1.165, 1.54) is 40.7 Å². The maximum atomic E-state index is 11.3. The first-order valence-corrected chi connectivity index (χ1v) is 6.93. The number of aromatic nitrogens is 2. The standard InChI is InChI=1S/C12H12N4O4S/c1-2-21-11-9(12(17)18)10(13)15(14-11)7-3-5-8(6-4-7)16(19)20/h3-6H,2,13H2,1H3,(H,17,18). The van der Waals surface area contributed by atoms with Gasteiger partial charge in [0.15, 0.2) is 0 Å². The molecule has 0 spiro atoms. The molecule has 1 aromatic carbocycles. The molecule has 0 bridgehead atoms. The molecule has 110 valence electrons. The monoisotopic (exact) mass is 308 g/mol. The molecular weight excluding hydrogens is 296 g/mol. The average molecular weight is 308 g/mol. The van der Waals surface area contributed by atoms with E-state index < -0.39 is 10.9 Å². The summed E-state index contributed by atoms with van der Waals surface area (Å²) in [5, 5.41) is 24.3. The molecule has 0 amide bonds. The first-order valence-electron chi connectivity index (χ1n) is 5.95. The largest absolute Gasteiger partial charge is 0.477 e. The Bertz CT molecular complexity index is 696. The minimum Gasteiger partial charge on any atom is -0.477 e. The zero-order chi connectivity index (χ0) is 15.6. The summed E-state index contributed by atoms with van der Waals surface area (Å²) in [5.41, 5.74) is 6.18. The maximum Gasteiger partial charge on any atom is 0.342 e. The lowest BCUT2D eigenvalue weighted by Gasteiger charge is -2.03. The van der Waals surface area contributed by atoms with Crippen LogP contribution >= 0.6 is 11.8 Å². The zero-order valence-corrected chi connectivity index (χ0v) is 11.8. The number of carbonyl (C=O) groups is 1. The predicted octanol–water partition coefficient (Wildman–Crippen LogP) is 2.17. The number of carboxylic acid groups (broad SMARTS) is 1. The van der Waals surface area contributed by atoms with Crippen LogP contribution in [0.2, 0.25) is 0 Å². The quantitative estimate of drug-likeness (QED) is 0.492. The van der Waals surface area contributed by atoms with Crippen LogP contribution in [0.4, 0.5) is 11.5 Å². The number of nitrogens with zero attached hydrogens (tertiary/aromatic N) is 3. The SMILES string of the molecule is CCSc1nn(-c2ccc([N+](=O)[O-])cc2)c(N)c1C(=O)O. The third-order valence-corrected chi connectivity index (χ3v) is 3.54. The topological polar surface area (TPSA) is 124 Å². The van der Waals surface area contributed by atoms with E-state index >= 15 is 0 Å². The first kappa shape index (κ1) is 14.9. The fourth-order valence-electron chi connectivity index (χ4n) is 1.76. The first-order chi connectivity index (χ1) is 9.95. The number of hydrogen-bond acceptors (Lipinski definition) is 6. The Balaban J connectivity index is 2.51. The highest BCUT2D eigenvalue weighted by Gasteiger charge is 2.22. The summed E-state index contributed by atoms with van der Waals surface area (Å²) < 4.78 is 1.27. The van der Waals surface area contributed by atoms with Crippen LogP contribution in [-0.4, -0.2) is 31.5 Å². The van der Waals surface area contributed by atoms with Crippen molar-refractivity contribution in [2.75, 3.05) is 11.5 Å². The molecule has 1 heterocycles. The molecule has 2 aromatic rings. The van der Waals surface area contributed by atoms with Crippen LogP contribution in [-0.2, 0) is 0 Å². The Morgan fingerprint density at radius 1 is 1.48 bits per heavy atom. The van der Waals surface area contributed by atoms with E-state index in [1.807, 2.05) is 6.92 Å². The fourth-order valence-corrected chi connectivity index (χ4v) is 2.51. The number of aromatic carboxylic acids is 1. The third-order valence-electron chi connectivity index (χ3n) is 2.69. The van der Waals surface area contributed by atoms with Gasteiger partial charge in [0.05, 0.1) is 10.6 Å². The van der Waals surface area contributed by atoms with Crippen molar-refractivity contribution in [1.29, 1.82) is 0 Å². The van der Waals surface area contributed by atoms with Crippen molar-refractivity contribution < 1.29 is 14.8 Å². The molecule has 1 aromatic heterocycles. The van der Waals surface area contributed by atoms with Crippen molar-refractivity contribution in [3.63, 3.8) is 0 Å². The second-order valence-corrected chi connectivity index (χ2v) is 5.24. The number of nitro benzene ring substituents is 1. The van der Waals surface area contributed by atoms with Crippen LogP contribution in [0.1, 0.15) is 17.3 Å². The van der Waals surface area contributed by atoms with Crippen molar-refractivity contribution in [3.05, 3.63) is 39.9 Å². The Hall–Kier alpha value is -2.55. The summed E-state index contributed by atoms with van der Waals surface area (Å²) in [6, 6.07) is 5.55. The van der Waals surface area contributed by atoms with Gasteiger partial charge < -0.3 is 10.8 Å². The lowest BCUT2D eigenvalue weighted by atomic mass is 10.3. The van der Waals surface area contributed by atoms with Crippen molar-refractivity contribution >= 4 is 29.2 Å². The molecule has 2 rings (SSSR count). The molecule has 8 nitrogen and oxygen atoms in total. The minimum atomic E-state index is -1.16. The Morgan fingerprint density at radius 3 is 2.57 bits per heavy atom. The number of anilines is 1. The molecule has 0 saturated carbocycles. The predicted molar refractivity (Wildman–Crippen MR) is 78.0 cm³/mol. The normalized spacial score (nSPS) is 10.5. The summed E-state index contributed by atoms with van der Waals surface area (Å²) in [5.74, 6) is -0.513. The summed E-state index contributed by atoms with van der Waals surface area (Å²) in [4.78, 5) is 21.4. The molecule has 0 fully saturated rings. The summed E-state index contributed by atoms with van der Waals surface area (Å²) in [6.45, 7) is 1.87. The van der Waals surface area contributed by atoms with E-state index in [0.29, 0.717) is 16.5 Å². The number of carboxylic acids is 1. The Labute approximate surface area is 123 Å². The van der Waals surface area contributed by atoms with E-state index in [1.54, 1.807) is 0 Å². The van der Waals surface area contributed by atoms with E-state index in [-0.39, 0.29) is 17.1 Å². The lowest BCUT2D eigenvalue weighted by molar-refractivity contribution is -0.384. The van der Waals surface area contributed by atoms with Crippen molar-refractivity contribution in [1.82, 2.24) is 9.78 Å². The molecular formula is C12H12N4O4S. The molecule has 0 aliphatic carbocycles. The third kappa shape index (κ3) is 2.82. The van der Waals surface area contributed by atoms with Gasteiger partial charge in [-0.1, -0.05) is 6.92 Å². The number of non-ortho nitro benzene ring substituents is 1. The lowest BCUT2D eigenvalue weighted by Crippen LogP contribution is -2.05. The van der Waals surface area contributed by atoms with Crippen LogP contribution in [0.15, 0.2) is 29.3 Å².